The number of nitrogens with zero attached hydrogens (tertiary/aromatic N) is 1. The molecule has 4 rings (SSSR count). The molecule has 0 N–H and O–H groups in total. The molecule has 22 heavy (non-hydrogen) atoms. The molecule has 0 aliphatic carbocycles. The van der Waals surface area contributed by atoms with E-state index < -0.39 is 0 Å². The first-order chi connectivity index (χ1) is 10.7. The Kier molecular flexibility index (Phi) is 3.45. The Bertz CT molecular complexity index is 846. The number of ether oxygens (including phenoxy) is 2. The predicted molar refractivity (Wildman–Crippen MR) is 89.1 cm³/mol. The number of hydrogen-bond donors (Lipinski definition) is 0. The highest BCUT2D eigenvalue weighted by Crippen LogP contribution is 2.42. The summed E-state index contributed by atoms with van der Waals surface area (Å²) in [5, 5.41) is 0.698. The zero-order valence-corrected chi connectivity index (χ0v) is 13.5. The zero-order valence-electron chi connectivity index (χ0n) is 11.2. The van der Waals surface area contributed by atoms with Gasteiger partial charge in [0.15, 0.2) is 16.0 Å². The van der Waals surface area contributed by atoms with Crippen LogP contribution >= 0.6 is 34.5 Å². The summed E-state index contributed by atoms with van der Waals surface area (Å²) in [5.74, 6) is 1.47. The molecule has 0 bridgehead atoms. The highest BCUT2D eigenvalue weighted by Gasteiger charge is 2.18. The SMILES string of the molecule is Clc1ccc(-c2sc(Cl)nc2-c2ccc3c(c2)OCO3)cc1. The van der Waals surface area contributed by atoms with E-state index in [1.54, 1.807) is 0 Å². The fourth-order valence-corrected chi connectivity index (χ4v) is 3.59. The summed E-state index contributed by atoms with van der Waals surface area (Å²) in [4.78, 5) is 5.46. The van der Waals surface area contributed by atoms with Crippen LogP contribution in [0.25, 0.3) is 21.7 Å². The van der Waals surface area contributed by atoms with Crippen molar-refractivity contribution in [2.45, 2.75) is 0 Å². The van der Waals surface area contributed by atoms with Gasteiger partial charge in [0.1, 0.15) is 0 Å². The summed E-state index contributed by atoms with van der Waals surface area (Å²) in [6, 6.07) is 13.4. The first-order valence-corrected chi connectivity index (χ1v) is 8.10. The molecular weight excluding hydrogens is 341 g/mol. The van der Waals surface area contributed by atoms with Crippen molar-refractivity contribution in [2.75, 3.05) is 6.79 Å². The first-order valence-electron chi connectivity index (χ1n) is 6.53. The van der Waals surface area contributed by atoms with E-state index in [1.165, 1.54) is 11.3 Å². The molecule has 0 amide bonds. The molecule has 1 aromatic heterocycles. The third kappa shape index (κ3) is 2.43. The standard InChI is InChI=1S/C16H9Cl2NO2S/c17-11-4-1-9(2-5-11)15-14(19-16(18)22-15)10-3-6-12-13(7-10)21-8-20-12/h1-7H,8H2. The van der Waals surface area contributed by atoms with Crippen LogP contribution < -0.4 is 9.47 Å². The van der Waals surface area contributed by atoms with Gasteiger partial charge in [0.2, 0.25) is 6.79 Å². The molecule has 6 heteroatoms. The van der Waals surface area contributed by atoms with Crippen molar-refractivity contribution in [3.8, 4) is 33.2 Å². The second kappa shape index (κ2) is 5.47. The van der Waals surface area contributed by atoms with E-state index in [-0.39, 0.29) is 6.79 Å². The molecule has 2 aromatic carbocycles. The van der Waals surface area contributed by atoms with Crippen LogP contribution in [0.15, 0.2) is 42.5 Å². The first kappa shape index (κ1) is 13.9. The molecule has 1 aliphatic heterocycles. The molecule has 0 spiro atoms. The van der Waals surface area contributed by atoms with Crippen LogP contribution in [-0.2, 0) is 0 Å². The van der Waals surface area contributed by atoms with Crippen molar-refractivity contribution in [1.82, 2.24) is 4.98 Å². The van der Waals surface area contributed by atoms with Gasteiger partial charge >= 0.3 is 0 Å². The molecule has 1 aliphatic rings. The number of aromatic nitrogens is 1. The van der Waals surface area contributed by atoms with Crippen LogP contribution in [0.4, 0.5) is 0 Å². The van der Waals surface area contributed by atoms with Gasteiger partial charge in [-0.25, -0.2) is 4.98 Å². The van der Waals surface area contributed by atoms with E-state index in [9.17, 15) is 0 Å². The van der Waals surface area contributed by atoms with Crippen molar-refractivity contribution in [3.63, 3.8) is 0 Å². The third-order valence-corrected chi connectivity index (χ3v) is 4.81. The summed E-state index contributed by atoms with van der Waals surface area (Å²) < 4.78 is 11.3. The second-order valence-electron chi connectivity index (χ2n) is 4.72. The summed E-state index contributed by atoms with van der Waals surface area (Å²) in [6.45, 7) is 0.251. The van der Waals surface area contributed by atoms with Gasteiger partial charge in [0.05, 0.1) is 10.6 Å². The van der Waals surface area contributed by atoms with Gasteiger partial charge in [-0.15, -0.1) is 11.3 Å². The number of benzene rings is 2. The lowest BCUT2D eigenvalue weighted by atomic mass is 10.1. The van der Waals surface area contributed by atoms with E-state index in [4.69, 9.17) is 32.7 Å². The summed E-state index contributed by atoms with van der Waals surface area (Å²) in [7, 11) is 0. The van der Waals surface area contributed by atoms with Crippen molar-refractivity contribution in [1.29, 1.82) is 0 Å². The second-order valence-corrected chi connectivity index (χ2v) is 6.74. The maximum atomic E-state index is 6.14. The van der Waals surface area contributed by atoms with Crippen LogP contribution in [0.3, 0.4) is 0 Å². The number of hydrogen-bond acceptors (Lipinski definition) is 4. The van der Waals surface area contributed by atoms with Gasteiger partial charge in [0, 0.05) is 10.6 Å². The molecule has 0 unspecified atom stereocenters. The lowest BCUT2D eigenvalue weighted by molar-refractivity contribution is 0.174. The monoisotopic (exact) mass is 349 g/mol. The van der Waals surface area contributed by atoms with Gasteiger partial charge in [-0.2, -0.15) is 0 Å². The quantitative estimate of drug-likeness (QED) is 0.610. The third-order valence-electron chi connectivity index (χ3n) is 3.35. The minimum atomic E-state index is 0.251. The minimum absolute atomic E-state index is 0.251. The minimum Gasteiger partial charge on any atom is -0.454 e. The molecule has 110 valence electrons. The Morgan fingerprint density at radius 3 is 2.45 bits per heavy atom. The summed E-state index contributed by atoms with van der Waals surface area (Å²) in [5.41, 5.74) is 2.80. The topological polar surface area (TPSA) is 31.4 Å². The van der Waals surface area contributed by atoms with Crippen LogP contribution in [0.1, 0.15) is 0 Å². The smallest absolute Gasteiger partial charge is 0.231 e. The van der Waals surface area contributed by atoms with Gasteiger partial charge in [-0.05, 0) is 35.9 Å². The van der Waals surface area contributed by atoms with Gasteiger partial charge in [0.25, 0.3) is 0 Å². The van der Waals surface area contributed by atoms with Crippen LogP contribution in [-0.4, -0.2) is 11.8 Å². The Balaban J connectivity index is 1.84. The highest BCUT2D eigenvalue weighted by atomic mass is 35.5. The fraction of sp³-hybridized carbons (Fsp3) is 0.0625. The molecule has 0 saturated heterocycles. The average Bonchev–Trinajstić information content (AvgIpc) is 3.13. The molecule has 0 saturated carbocycles. The molecule has 0 fully saturated rings. The fourth-order valence-electron chi connectivity index (χ4n) is 2.33. The van der Waals surface area contributed by atoms with Gasteiger partial charge < -0.3 is 9.47 Å². The molecular formula is C16H9Cl2NO2S. The summed E-state index contributed by atoms with van der Waals surface area (Å²) in [6.07, 6.45) is 0. The van der Waals surface area contributed by atoms with Gasteiger partial charge in [-0.3, -0.25) is 0 Å². The maximum absolute atomic E-state index is 6.14. The van der Waals surface area contributed by atoms with E-state index in [0.29, 0.717) is 9.49 Å². The Morgan fingerprint density at radius 1 is 0.909 bits per heavy atom. The Morgan fingerprint density at radius 2 is 1.64 bits per heavy atom. The number of fused-ring (bicyclic) bond motifs is 1. The van der Waals surface area contributed by atoms with E-state index in [2.05, 4.69) is 4.98 Å². The Labute approximate surface area is 141 Å². The maximum Gasteiger partial charge on any atom is 0.231 e. The number of rotatable bonds is 2. The van der Waals surface area contributed by atoms with Crippen molar-refractivity contribution in [3.05, 3.63) is 52.0 Å². The van der Waals surface area contributed by atoms with E-state index >= 15 is 0 Å². The van der Waals surface area contributed by atoms with Crippen LogP contribution in [0.5, 0.6) is 11.5 Å². The normalized spacial score (nSPS) is 12.6. The Hall–Kier alpha value is -1.75. The lowest BCUT2D eigenvalue weighted by Gasteiger charge is -2.04. The molecule has 0 radical (unpaired) electrons. The van der Waals surface area contributed by atoms with Crippen LogP contribution in [0.2, 0.25) is 9.49 Å². The average molecular weight is 350 g/mol. The van der Waals surface area contributed by atoms with Crippen molar-refractivity contribution >= 4 is 34.5 Å². The molecule has 3 nitrogen and oxygen atoms in total. The highest BCUT2D eigenvalue weighted by molar-refractivity contribution is 7.19. The van der Waals surface area contributed by atoms with Gasteiger partial charge in [-0.1, -0.05) is 35.3 Å². The van der Waals surface area contributed by atoms with E-state index in [0.717, 1.165) is 33.2 Å². The number of halogens is 2. The van der Waals surface area contributed by atoms with E-state index in [1.807, 2.05) is 42.5 Å². The molecule has 3 aromatic rings. The molecule has 2 heterocycles. The van der Waals surface area contributed by atoms with Crippen LogP contribution in [0, 0.1) is 0 Å². The molecule has 0 atom stereocenters. The predicted octanol–water partition coefficient (Wildman–Crippen LogP) is 5.51. The lowest BCUT2D eigenvalue weighted by Crippen LogP contribution is -1.92. The summed E-state index contributed by atoms with van der Waals surface area (Å²) >= 11 is 13.5. The largest absolute Gasteiger partial charge is 0.454 e. The van der Waals surface area contributed by atoms with Crippen molar-refractivity contribution in [2.24, 2.45) is 0 Å². The number of thiazole rings is 1. The zero-order chi connectivity index (χ0) is 15.1. The van der Waals surface area contributed by atoms with Crippen molar-refractivity contribution < 1.29 is 9.47 Å².